The van der Waals surface area contributed by atoms with Crippen molar-refractivity contribution in [2.75, 3.05) is 0 Å². The van der Waals surface area contributed by atoms with Gasteiger partial charge in [0.25, 0.3) is 5.69 Å². The molecule has 1 saturated heterocycles. The number of benzene rings is 1. The number of alkyl halides is 3. The van der Waals surface area contributed by atoms with E-state index in [2.05, 4.69) is 4.98 Å². The fraction of sp³-hybridized carbons (Fsp3) is 0.300. The highest BCUT2D eigenvalue weighted by atomic mass is 32.2. The zero-order valence-electron chi connectivity index (χ0n) is 26.1. The Labute approximate surface area is 284 Å². The number of nitro groups is 1. The molecule has 20 heteroatoms. The van der Waals surface area contributed by atoms with E-state index < -0.39 is 44.6 Å². The van der Waals surface area contributed by atoms with Crippen LogP contribution in [0.25, 0.3) is 10.4 Å². The number of β-lactam (4-membered cyclic amide) rings is 1. The van der Waals surface area contributed by atoms with Gasteiger partial charge in [0.15, 0.2) is 22.5 Å². The Morgan fingerprint density at radius 2 is 1.86 bits per heavy atom. The van der Waals surface area contributed by atoms with Crippen molar-refractivity contribution in [3.05, 3.63) is 98.8 Å². The molecule has 1 fully saturated rings. The van der Waals surface area contributed by atoms with E-state index in [1.165, 1.54) is 46.8 Å². The molecule has 0 aliphatic carbocycles. The largest absolute Gasteiger partial charge is 0.741 e. The predicted molar refractivity (Wildman–Crippen MR) is 165 cm³/mol. The summed E-state index contributed by atoms with van der Waals surface area (Å²) in [6.07, 6.45) is 5.95. The molecule has 3 aromatic heterocycles. The lowest BCUT2D eigenvalue weighted by Gasteiger charge is -2.46. The lowest BCUT2D eigenvalue weighted by atomic mass is 9.77. The number of nitro benzene ring substituents is 1. The van der Waals surface area contributed by atoms with Crippen LogP contribution >= 0.6 is 11.3 Å². The first kappa shape index (κ1) is 36.2. The van der Waals surface area contributed by atoms with E-state index in [9.17, 15) is 42.8 Å². The smallest absolute Gasteiger partial charge is 0.485 e. The molecular weight excluding hydrogens is 711 g/mol. The molecule has 1 N–H and O–H groups in total. The summed E-state index contributed by atoms with van der Waals surface area (Å²) in [6.45, 7) is 3.30. The van der Waals surface area contributed by atoms with Crippen LogP contribution in [0.5, 0.6) is 0 Å². The number of imidazole rings is 1. The van der Waals surface area contributed by atoms with Crippen LogP contribution in [0.15, 0.2) is 67.0 Å². The molecule has 0 unspecified atom stereocenters. The molecule has 4 aromatic rings. The number of ether oxygens (including phenoxy) is 1. The molecule has 15 nitrogen and oxygen atoms in total. The number of aromatic nitrogens is 3. The second-order valence-corrected chi connectivity index (χ2v) is 13.8. The van der Waals surface area contributed by atoms with E-state index >= 15 is 0 Å². The van der Waals surface area contributed by atoms with E-state index in [4.69, 9.17) is 17.7 Å². The Hall–Kier alpha value is -5.05. The average molecular weight is 738 g/mol. The maximum Gasteiger partial charge on any atom is 0.485 e. The average Bonchev–Trinajstić information content (AvgIpc) is 3.68. The third-order valence-corrected chi connectivity index (χ3v) is 9.77. The molecule has 264 valence electrons. The highest BCUT2D eigenvalue weighted by Crippen LogP contribution is 2.52. The molecule has 5 heterocycles. The van der Waals surface area contributed by atoms with Gasteiger partial charge in [-0.1, -0.05) is 6.92 Å². The van der Waals surface area contributed by atoms with Gasteiger partial charge in [-0.05, 0) is 30.7 Å². The van der Waals surface area contributed by atoms with Crippen LogP contribution in [0.4, 0.5) is 18.9 Å². The van der Waals surface area contributed by atoms with Crippen LogP contribution in [0.2, 0.25) is 0 Å². The van der Waals surface area contributed by atoms with Gasteiger partial charge in [0.05, 0.1) is 33.4 Å². The minimum atomic E-state index is -6.09. The molecule has 4 atom stereocenters. The zero-order chi connectivity index (χ0) is 36.9. The monoisotopic (exact) mass is 737 g/mol. The Morgan fingerprint density at radius 3 is 2.42 bits per heavy atom. The predicted octanol–water partition coefficient (Wildman–Crippen LogP) is 2.72. The van der Waals surface area contributed by atoms with Crippen molar-refractivity contribution in [1.29, 1.82) is 0 Å². The summed E-state index contributed by atoms with van der Waals surface area (Å²) >= 11 is 1.28. The van der Waals surface area contributed by atoms with Crippen LogP contribution in [0.3, 0.4) is 0 Å². The number of aliphatic hydroxyl groups excluding tert-OH is 1. The lowest BCUT2D eigenvalue weighted by molar-refractivity contribution is -0.671. The van der Waals surface area contributed by atoms with Crippen molar-refractivity contribution in [1.82, 2.24) is 14.3 Å². The third-order valence-electron chi connectivity index (χ3n) is 8.06. The summed E-state index contributed by atoms with van der Waals surface area (Å²) in [5, 5.41) is 21.3. The quantitative estimate of drug-likeness (QED) is 0.0407. The Bertz CT molecular complexity index is 2160. The Balaban J connectivity index is 0.000000544. The molecule has 50 heavy (non-hydrogen) atoms. The number of nitrogens with zero attached hydrogens (tertiary/aromatic N) is 5. The van der Waals surface area contributed by atoms with E-state index in [1.54, 1.807) is 40.4 Å². The van der Waals surface area contributed by atoms with Gasteiger partial charge in [-0.2, -0.15) is 13.2 Å². The number of thiazole rings is 1. The van der Waals surface area contributed by atoms with Gasteiger partial charge in [-0.25, -0.2) is 22.8 Å². The maximum absolute atomic E-state index is 13.6. The first-order valence-corrected chi connectivity index (χ1v) is 16.7. The van der Waals surface area contributed by atoms with Crippen molar-refractivity contribution in [3.8, 4) is 0 Å². The number of esters is 1. The van der Waals surface area contributed by atoms with Gasteiger partial charge in [0.2, 0.25) is 11.7 Å². The summed E-state index contributed by atoms with van der Waals surface area (Å²) in [7, 11) is -4.27. The maximum atomic E-state index is 13.6. The minimum absolute atomic E-state index is 0.0829. The van der Waals surface area contributed by atoms with Crippen LogP contribution in [-0.4, -0.2) is 72.6 Å². The second kappa shape index (κ2) is 13.3. The number of ketones is 1. The summed E-state index contributed by atoms with van der Waals surface area (Å²) < 4.78 is 68.0. The molecular formula is C30H26F3N5O10S2. The number of carbonyl (C=O) groups is 3. The summed E-state index contributed by atoms with van der Waals surface area (Å²) in [4.78, 5) is 57.5. The zero-order valence-corrected chi connectivity index (χ0v) is 27.7. The van der Waals surface area contributed by atoms with Gasteiger partial charge in [0.1, 0.15) is 36.2 Å². The van der Waals surface area contributed by atoms with Crippen molar-refractivity contribution < 1.29 is 59.9 Å². The van der Waals surface area contributed by atoms with E-state index in [-0.39, 0.29) is 41.3 Å². The molecule has 0 bridgehead atoms. The van der Waals surface area contributed by atoms with Gasteiger partial charge >= 0.3 is 11.5 Å². The normalized spacial score (nSPS) is 19.4. The van der Waals surface area contributed by atoms with Gasteiger partial charge < -0.3 is 19.3 Å². The van der Waals surface area contributed by atoms with Crippen molar-refractivity contribution in [3.63, 3.8) is 0 Å². The number of aliphatic hydroxyl groups is 1. The molecule has 2 aliphatic heterocycles. The van der Waals surface area contributed by atoms with E-state index in [1.807, 2.05) is 20.2 Å². The number of pyridine rings is 1. The molecule has 1 aromatic carbocycles. The number of fused-ring (bicyclic) bond motifs is 2. The van der Waals surface area contributed by atoms with Crippen molar-refractivity contribution in [2.24, 2.45) is 18.9 Å². The van der Waals surface area contributed by atoms with Crippen LogP contribution in [0.1, 0.15) is 40.3 Å². The molecule has 0 radical (unpaired) electrons. The third kappa shape index (κ3) is 6.73. The topological polar surface area (TPSA) is 205 Å². The Kier molecular flexibility index (Phi) is 9.67. The summed E-state index contributed by atoms with van der Waals surface area (Å²) in [5.41, 5.74) is -3.75. The number of amides is 1. The number of hydrogen-bond donors (Lipinski definition) is 1. The van der Waals surface area contributed by atoms with Crippen LogP contribution in [0, 0.1) is 22.0 Å². The molecule has 0 saturated carbocycles. The number of halogens is 3. The fourth-order valence-corrected chi connectivity index (χ4v) is 6.97. The second-order valence-electron chi connectivity index (χ2n) is 11.4. The lowest BCUT2D eigenvalue weighted by Crippen LogP contribution is -2.63. The first-order chi connectivity index (χ1) is 23.3. The Morgan fingerprint density at radius 1 is 1.22 bits per heavy atom. The number of carbonyl (C=O) groups excluding carboxylic acids is 3. The first-order valence-electron chi connectivity index (χ1n) is 14.5. The number of hydrogen-bond acceptors (Lipinski definition) is 12. The van der Waals surface area contributed by atoms with Gasteiger partial charge in [-0.15, -0.1) is 11.3 Å². The van der Waals surface area contributed by atoms with Gasteiger partial charge in [0, 0.05) is 35.9 Å². The molecule has 1 amide bonds. The van der Waals surface area contributed by atoms with Gasteiger partial charge in [-0.3, -0.25) is 24.1 Å². The van der Waals surface area contributed by atoms with Crippen LogP contribution in [-0.2, 0) is 38.1 Å². The van der Waals surface area contributed by atoms with Crippen molar-refractivity contribution >= 4 is 55.2 Å². The SMILES string of the molecule is C[C@@H](O)[C@H]1C(=O)N2C(C(=O)OCc3ccc([N+](=O)[O-])cc3)=C(c3cn4cnc(C(=O)c5ccc[n+](C)c5)c4s3)[C@H](C)[C@H]12.O=S(=O)([O-])C(F)(F)F. The highest BCUT2D eigenvalue weighted by molar-refractivity contribution is 7.86. The standard InChI is InChI=1S/C29H26N5O7S.CHF3O3S/c1-15-21(20-12-32-14-30-23(28(32)42-20)26(36)18-5-4-10-31(3)11-18)25(33-24(15)22(16(2)35)27(33)37)29(38)41-13-17-6-8-19(9-7-17)34(39)40;2-1(3,4)8(5,6)7/h4-12,14-16,22,24,35H,13H2,1-3H3;(H,5,6,7)/q+1;/p-1/t15-,16+,22+,24+;/m0./s1. The summed E-state index contributed by atoms with van der Waals surface area (Å²) in [5.74, 6) is -2.31. The fourth-order valence-electron chi connectivity index (χ4n) is 5.75. The number of rotatable bonds is 8. The minimum Gasteiger partial charge on any atom is -0.741 e. The van der Waals surface area contributed by atoms with Crippen LogP contribution < -0.4 is 4.57 Å². The molecule has 0 spiro atoms. The number of aryl methyl sites for hydroxylation is 1. The van der Waals surface area contributed by atoms with Crippen molar-refractivity contribution in [2.45, 2.75) is 38.1 Å². The highest BCUT2D eigenvalue weighted by Gasteiger charge is 2.60. The van der Waals surface area contributed by atoms with E-state index in [0.717, 1.165) is 0 Å². The molecule has 2 aliphatic rings. The molecule has 6 rings (SSSR count). The summed E-state index contributed by atoms with van der Waals surface area (Å²) in [6, 6.07) is 8.71. The number of non-ortho nitro benzene ring substituents is 1. The van der Waals surface area contributed by atoms with E-state index in [0.29, 0.717) is 26.4 Å².